The van der Waals surface area contributed by atoms with E-state index in [1.165, 1.54) is 11.8 Å². The Balaban J connectivity index is 2.42. The number of thioether (sulfide) groups is 1. The van der Waals surface area contributed by atoms with Gasteiger partial charge in [-0.05, 0) is 25.7 Å². The standard InChI is InChI=1S/C12H17N3O3S/c13-10(17)7-19-11-8-3-1-2-4-9(8)15(5-6-16)12(18)14-11/h16H,1-7H2,(H2,13,17). The molecule has 0 unspecified atom stereocenters. The first-order valence-electron chi connectivity index (χ1n) is 6.28. The maximum Gasteiger partial charge on any atom is 0.348 e. The third-order valence-electron chi connectivity index (χ3n) is 3.13. The molecule has 1 aromatic rings. The van der Waals surface area contributed by atoms with Crippen molar-refractivity contribution in [2.75, 3.05) is 12.4 Å². The van der Waals surface area contributed by atoms with E-state index in [4.69, 9.17) is 10.8 Å². The van der Waals surface area contributed by atoms with Gasteiger partial charge in [-0.3, -0.25) is 9.36 Å². The van der Waals surface area contributed by atoms with E-state index in [0.29, 0.717) is 5.03 Å². The van der Waals surface area contributed by atoms with Gasteiger partial charge < -0.3 is 10.8 Å². The van der Waals surface area contributed by atoms with Gasteiger partial charge >= 0.3 is 5.69 Å². The lowest BCUT2D eigenvalue weighted by molar-refractivity contribution is -0.115. The van der Waals surface area contributed by atoms with Crippen molar-refractivity contribution in [3.05, 3.63) is 21.7 Å². The molecule has 0 bridgehead atoms. The zero-order chi connectivity index (χ0) is 13.8. The second kappa shape index (κ2) is 6.21. The summed E-state index contributed by atoms with van der Waals surface area (Å²) in [6.45, 7) is 0.191. The maximum atomic E-state index is 12.0. The number of amides is 1. The molecule has 1 amide bonds. The van der Waals surface area contributed by atoms with Crippen molar-refractivity contribution in [1.82, 2.24) is 9.55 Å². The minimum absolute atomic E-state index is 0.0815. The van der Waals surface area contributed by atoms with Crippen molar-refractivity contribution >= 4 is 17.7 Å². The lowest BCUT2D eigenvalue weighted by Gasteiger charge is -2.22. The summed E-state index contributed by atoms with van der Waals surface area (Å²) >= 11 is 1.22. The number of carbonyl (C=O) groups is 1. The topological polar surface area (TPSA) is 98.2 Å². The van der Waals surface area contributed by atoms with E-state index in [2.05, 4.69) is 4.98 Å². The molecule has 1 aliphatic rings. The van der Waals surface area contributed by atoms with Crippen LogP contribution in [0.15, 0.2) is 9.82 Å². The molecule has 0 saturated carbocycles. The van der Waals surface area contributed by atoms with Crippen molar-refractivity contribution in [3.8, 4) is 0 Å². The summed E-state index contributed by atoms with van der Waals surface area (Å²) in [4.78, 5) is 26.8. The molecule has 0 aliphatic heterocycles. The lowest BCUT2D eigenvalue weighted by atomic mass is 9.97. The smallest absolute Gasteiger partial charge is 0.348 e. The van der Waals surface area contributed by atoms with Gasteiger partial charge in [0.15, 0.2) is 0 Å². The first-order valence-corrected chi connectivity index (χ1v) is 7.26. The van der Waals surface area contributed by atoms with Gasteiger partial charge in [-0.25, -0.2) is 4.79 Å². The Morgan fingerprint density at radius 1 is 1.42 bits per heavy atom. The molecule has 6 nitrogen and oxygen atoms in total. The van der Waals surface area contributed by atoms with Gasteiger partial charge in [0.05, 0.1) is 18.9 Å². The maximum absolute atomic E-state index is 12.0. The van der Waals surface area contributed by atoms with E-state index in [1.54, 1.807) is 4.57 Å². The zero-order valence-electron chi connectivity index (χ0n) is 10.6. The van der Waals surface area contributed by atoms with Crippen molar-refractivity contribution in [3.63, 3.8) is 0 Å². The van der Waals surface area contributed by atoms with Crippen LogP contribution in [0.25, 0.3) is 0 Å². The molecule has 1 heterocycles. The van der Waals surface area contributed by atoms with E-state index in [-0.39, 0.29) is 24.6 Å². The van der Waals surface area contributed by atoms with Gasteiger partial charge in [-0.2, -0.15) is 4.98 Å². The molecular weight excluding hydrogens is 266 g/mol. The Kier molecular flexibility index (Phi) is 4.60. The summed E-state index contributed by atoms with van der Waals surface area (Å²) in [7, 11) is 0. The van der Waals surface area contributed by atoms with E-state index in [1.807, 2.05) is 0 Å². The molecule has 0 atom stereocenters. The Morgan fingerprint density at radius 2 is 2.16 bits per heavy atom. The van der Waals surface area contributed by atoms with Crippen LogP contribution in [-0.2, 0) is 24.2 Å². The number of fused-ring (bicyclic) bond motifs is 1. The van der Waals surface area contributed by atoms with Crippen LogP contribution in [0, 0.1) is 0 Å². The Labute approximate surface area is 115 Å². The van der Waals surface area contributed by atoms with Crippen LogP contribution in [0.3, 0.4) is 0 Å². The molecule has 2 rings (SSSR count). The Morgan fingerprint density at radius 3 is 2.84 bits per heavy atom. The third-order valence-corrected chi connectivity index (χ3v) is 4.17. The van der Waals surface area contributed by atoms with Crippen molar-refractivity contribution in [2.24, 2.45) is 5.73 Å². The number of hydrogen-bond donors (Lipinski definition) is 2. The largest absolute Gasteiger partial charge is 0.395 e. The van der Waals surface area contributed by atoms with E-state index >= 15 is 0 Å². The molecule has 19 heavy (non-hydrogen) atoms. The number of hydrogen-bond acceptors (Lipinski definition) is 5. The monoisotopic (exact) mass is 283 g/mol. The first-order chi connectivity index (χ1) is 9.13. The molecule has 104 valence electrons. The second-order valence-corrected chi connectivity index (χ2v) is 5.43. The number of aliphatic hydroxyl groups excluding tert-OH is 1. The van der Waals surface area contributed by atoms with E-state index in [9.17, 15) is 9.59 Å². The average Bonchev–Trinajstić information content (AvgIpc) is 2.40. The molecular formula is C12H17N3O3S. The average molecular weight is 283 g/mol. The summed E-state index contributed by atoms with van der Waals surface area (Å²) in [5.74, 6) is -0.293. The summed E-state index contributed by atoms with van der Waals surface area (Å²) < 4.78 is 1.54. The second-order valence-electron chi connectivity index (χ2n) is 4.46. The quantitative estimate of drug-likeness (QED) is 0.570. The fourth-order valence-corrected chi connectivity index (χ4v) is 3.15. The van der Waals surface area contributed by atoms with Crippen molar-refractivity contribution in [2.45, 2.75) is 37.3 Å². The molecule has 0 saturated heterocycles. The van der Waals surface area contributed by atoms with Crippen LogP contribution in [0.5, 0.6) is 0 Å². The zero-order valence-corrected chi connectivity index (χ0v) is 11.4. The van der Waals surface area contributed by atoms with Gasteiger partial charge in [-0.1, -0.05) is 11.8 Å². The third kappa shape index (κ3) is 3.16. The highest BCUT2D eigenvalue weighted by molar-refractivity contribution is 7.99. The fraction of sp³-hybridized carbons (Fsp3) is 0.583. The van der Waals surface area contributed by atoms with Crippen LogP contribution < -0.4 is 11.4 Å². The highest BCUT2D eigenvalue weighted by atomic mass is 32.2. The molecule has 3 N–H and O–H groups in total. The van der Waals surface area contributed by atoms with Crippen LogP contribution in [0.2, 0.25) is 0 Å². The first kappa shape index (κ1) is 14.1. The predicted octanol–water partition coefficient (Wildman–Crippen LogP) is -0.308. The molecule has 1 aliphatic carbocycles. The van der Waals surface area contributed by atoms with E-state index in [0.717, 1.165) is 36.9 Å². The molecule has 0 aromatic carbocycles. The minimum Gasteiger partial charge on any atom is -0.395 e. The van der Waals surface area contributed by atoms with Crippen LogP contribution >= 0.6 is 11.8 Å². The minimum atomic E-state index is -0.420. The molecule has 1 aromatic heterocycles. The number of aromatic nitrogens is 2. The number of rotatable bonds is 5. The highest BCUT2D eigenvalue weighted by Gasteiger charge is 2.20. The number of carbonyl (C=O) groups excluding carboxylic acids is 1. The van der Waals surface area contributed by atoms with Gasteiger partial charge in [0, 0.05) is 11.3 Å². The summed E-state index contributed by atoms with van der Waals surface area (Å²) in [5, 5.41) is 9.66. The van der Waals surface area contributed by atoms with Crippen molar-refractivity contribution < 1.29 is 9.90 Å². The molecule has 7 heteroatoms. The molecule has 0 spiro atoms. The molecule has 0 radical (unpaired) electrons. The van der Waals surface area contributed by atoms with Gasteiger partial charge in [-0.15, -0.1) is 0 Å². The predicted molar refractivity (Wildman–Crippen MR) is 72.1 cm³/mol. The normalized spacial score (nSPS) is 14.2. The van der Waals surface area contributed by atoms with Gasteiger partial charge in [0.2, 0.25) is 5.91 Å². The van der Waals surface area contributed by atoms with Crippen LogP contribution in [0.1, 0.15) is 24.1 Å². The number of primary amides is 1. The van der Waals surface area contributed by atoms with Gasteiger partial charge in [0.1, 0.15) is 5.03 Å². The lowest BCUT2D eigenvalue weighted by Crippen LogP contribution is -2.31. The fourth-order valence-electron chi connectivity index (χ4n) is 2.34. The van der Waals surface area contributed by atoms with Crippen molar-refractivity contribution in [1.29, 1.82) is 0 Å². The van der Waals surface area contributed by atoms with Gasteiger partial charge in [0.25, 0.3) is 0 Å². The summed E-state index contributed by atoms with van der Waals surface area (Å²) in [6, 6.07) is 0. The summed E-state index contributed by atoms with van der Waals surface area (Å²) in [6.07, 6.45) is 3.75. The Bertz CT molecular complexity index is 542. The summed E-state index contributed by atoms with van der Waals surface area (Å²) in [5.41, 5.74) is 6.75. The van der Waals surface area contributed by atoms with Crippen LogP contribution in [-0.4, -0.2) is 32.9 Å². The Hall–Kier alpha value is -1.34. The molecule has 0 fully saturated rings. The van der Waals surface area contributed by atoms with E-state index < -0.39 is 5.91 Å². The number of aliphatic hydroxyl groups is 1. The SMILES string of the molecule is NC(=O)CSc1nc(=O)n(CCO)c2c1CCCC2. The highest BCUT2D eigenvalue weighted by Crippen LogP contribution is 2.28. The number of nitrogens with zero attached hydrogens (tertiary/aromatic N) is 2. The van der Waals surface area contributed by atoms with Crippen LogP contribution in [0.4, 0.5) is 0 Å². The number of nitrogens with two attached hydrogens (primary N) is 1.